The van der Waals surface area contributed by atoms with E-state index in [0.717, 1.165) is 0 Å². The molecule has 84 valence electrons. The molecule has 0 aliphatic carbocycles. The molecular formula is C9H21N3O2. The minimum atomic E-state index is -0.0344. The van der Waals surface area contributed by atoms with Crippen molar-refractivity contribution in [2.75, 3.05) is 13.2 Å². The Hall–Kier alpha value is -0.810. The second-order valence-corrected chi connectivity index (χ2v) is 3.87. The van der Waals surface area contributed by atoms with Gasteiger partial charge in [-0.05, 0) is 5.92 Å². The predicted octanol–water partition coefficient (Wildman–Crippen LogP) is -0.0246. The highest BCUT2D eigenvalue weighted by Gasteiger charge is 2.14. The third-order valence-electron chi connectivity index (χ3n) is 2.31. The van der Waals surface area contributed by atoms with E-state index in [1.54, 1.807) is 0 Å². The summed E-state index contributed by atoms with van der Waals surface area (Å²) in [5, 5.41) is 23.5. The predicted molar refractivity (Wildman–Crippen MR) is 56.3 cm³/mol. The van der Waals surface area contributed by atoms with Crippen LogP contribution >= 0.6 is 0 Å². The number of rotatable bonds is 6. The first kappa shape index (κ1) is 13.2. The van der Waals surface area contributed by atoms with Gasteiger partial charge < -0.3 is 21.4 Å². The van der Waals surface area contributed by atoms with E-state index in [1.807, 2.05) is 20.8 Å². The number of nitrogens with zero attached hydrogens (tertiary/aromatic N) is 1. The average Bonchev–Trinajstić information content (AvgIpc) is 2.16. The third-order valence-corrected chi connectivity index (χ3v) is 2.31. The number of nitrogens with one attached hydrogen (secondary N) is 1. The van der Waals surface area contributed by atoms with Crippen molar-refractivity contribution < 1.29 is 10.3 Å². The molecule has 0 spiro atoms. The van der Waals surface area contributed by atoms with Crippen molar-refractivity contribution in [3.63, 3.8) is 0 Å². The molecule has 5 heteroatoms. The van der Waals surface area contributed by atoms with Crippen molar-refractivity contribution in [3.8, 4) is 0 Å². The first-order chi connectivity index (χ1) is 6.52. The minimum absolute atomic E-state index is 0.0344. The third kappa shape index (κ3) is 4.43. The number of oxime groups is 1. The van der Waals surface area contributed by atoms with Gasteiger partial charge in [0.15, 0.2) is 0 Å². The summed E-state index contributed by atoms with van der Waals surface area (Å²) >= 11 is 0. The lowest BCUT2D eigenvalue weighted by Gasteiger charge is -2.21. The van der Waals surface area contributed by atoms with Crippen LogP contribution in [0.3, 0.4) is 0 Å². The number of hydrogen-bond donors (Lipinski definition) is 4. The number of aliphatic hydroxyl groups is 1. The molecule has 5 nitrogen and oxygen atoms in total. The summed E-state index contributed by atoms with van der Waals surface area (Å²) < 4.78 is 0. The van der Waals surface area contributed by atoms with Gasteiger partial charge in [-0.3, -0.25) is 0 Å². The van der Waals surface area contributed by atoms with Gasteiger partial charge in [-0.25, -0.2) is 0 Å². The standard InChI is InChI=1S/C9H21N3O2/c1-6(2)8(5-13)11-4-7(3)9(10)12-14/h6-8,11,13-14H,4-5H2,1-3H3,(H2,10,12). The van der Waals surface area contributed by atoms with E-state index in [-0.39, 0.29) is 24.4 Å². The zero-order valence-corrected chi connectivity index (χ0v) is 9.07. The average molecular weight is 203 g/mol. The van der Waals surface area contributed by atoms with Crippen molar-refractivity contribution in [1.29, 1.82) is 0 Å². The molecule has 2 unspecified atom stereocenters. The first-order valence-corrected chi connectivity index (χ1v) is 4.84. The molecule has 2 atom stereocenters. The van der Waals surface area contributed by atoms with Crippen LogP contribution in [0.4, 0.5) is 0 Å². The Labute approximate surface area is 85.0 Å². The molecular weight excluding hydrogens is 182 g/mol. The molecule has 0 aromatic carbocycles. The van der Waals surface area contributed by atoms with Crippen LogP contribution in [0.25, 0.3) is 0 Å². The molecule has 0 aliphatic heterocycles. The van der Waals surface area contributed by atoms with Gasteiger partial charge in [0.1, 0.15) is 5.84 Å². The molecule has 0 aromatic rings. The first-order valence-electron chi connectivity index (χ1n) is 4.84. The quantitative estimate of drug-likeness (QED) is 0.211. The molecule has 0 saturated carbocycles. The smallest absolute Gasteiger partial charge is 0.143 e. The van der Waals surface area contributed by atoms with Crippen LogP contribution in [-0.4, -0.2) is 35.3 Å². The molecule has 0 bridgehead atoms. The molecule has 0 aromatic heterocycles. The summed E-state index contributed by atoms with van der Waals surface area (Å²) in [6, 6.07) is 0.0592. The molecule has 0 fully saturated rings. The minimum Gasteiger partial charge on any atom is -0.409 e. The highest BCUT2D eigenvalue weighted by Crippen LogP contribution is 2.01. The van der Waals surface area contributed by atoms with E-state index in [4.69, 9.17) is 16.0 Å². The topological polar surface area (TPSA) is 90.9 Å². The van der Waals surface area contributed by atoms with E-state index >= 15 is 0 Å². The Morgan fingerprint density at radius 1 is 1.43 bits per heavy atom. The van der Waals surface area contributed by atoms with Gasteiger partial charge in [-0.1, -0.05) is 25.9 Å². The Morgan fingerprint density at radius 2 is 2.00 bits per heavy atom. The van der Waals surface area contributed by atoms with Crippen molar-refractivity contribution in [1.82, 2.24) is 5.32 Å². The number of nitrogens with two attached hydrogens (primary N) is 1. The molecule has 5 N–H and O–H groups in total. The number of aliphatic hydroxyl groups excluding tert-OH is 1. The lowest BCUT2D eigenvalue weighted by atomic mass is 10.0. The van der Waals surface area contributed by atoms with E-state index < -0.39 is 0 Å². The van der Waals surface area contributed by atoms with E-state index in [1.165, 1.54) is 0 Å². The zero-order chi connectivity index (χ0) is 11.1. The second-order valence-electron chi connectivity index (χ2n) is 3.87. The van der Waals surface area contributed by atoms with Gasteiger partial charge in [0, 0.05) is 18.5 Å². The fourth-order valence-electron chi connectivity index (χ4n) is 1.04. The lowest BCUT2D eigenvalue weighted by molar-refractivity contribution is 0.209. The van der Waals surface area contributed by atoms with Crippen molar-refractivity contribution in [2.24, 2.45) is 22.7 Å². The highest BCUT2D eigenvalue weighted by atomic mass is 16.4. The van der Waals surface area contributed by atoms with E-state index in [9.17, 15) is 0 Å². The summed E-state index contributed by atoms with van der Waals surface area (Å²) in [6.07, 6.45) is 0. The Bertz CT molecular complexity index is 183. The van der Waals surface area contributed by atoms with Gasteiger partial charge in [0.05, 0.1) is 6.61 Å². The van der Waals surface area contributed by atoms with Gasteiger partial charge in [-0.15, -0.1) is 0 Å². The van der Waals surface area contributed by atoms with Crippen LogP contribution < -0.4 is 11.1 Å². The van der Waals surface area contributed by atoms with Crippen molar-refractivity contribution in [2.45, 2.75) is 26.8 Å². The molecule has 14 heavy (non-hydrogen) atoms. The SMILES string of the molecule is CC(CNC(CO)C(C)C)C(N)=NO. The van der Waals surface area contributed by atoms with Crippen LogP contribution in [0.2, 0.25) is 0 Å². The maximum absolute atomic E-state index is 9.03. The molecule has 0 heterocycles. The summed E-state index contributed by atoms with van der Waals surface area (Å²) in [5.74, 6) is 0.533. The Balaban J connectivity index is 3.91. The number of hydrogen-bond acceptors (Lipinski definition) is 4. The normalized spacial score (nSPS) is 17.1. The lowest BCUT2D eigenvalue weighted by Crippen LogP contribution is -2.41. The summed E-state index contributed by atoms with van der Waals surface area (Å²) in [4.78, 5) is 0. The fraction of sp³-hybridized carbons (Fsp3) is 0.889. The van der Waals surface area contributed by atoms with Crippen LogP contribution in [0.5, 0.6) is 0 Å². The van der Waals surface area contributed by atoms with E-state index in [0.29, 0.717) is 12.5 Å². The van der Waals surface area contributed by atoms with E-state index in [2.05, 4.69) is 10.5 Å². The van der Waals surface area contributed by atoms with Gasteiger partial charge >= 0.3 is 0 Å². The Kier molecular flexibility index (Phi) is 6.23. The van der Waals surface area contributed by atoms with Gasteiger partial charge in [0.25, 0.3) is 0 Å². The molecule has 0 rings (SSSR count). The fourth-order valence-corrected chi connectivity index (χ4v) is 1.04. The molecule has 0 radical (unpaired) electrons. The maximum Gasteiger partial charge on any atom is 0.143 e. The van der Waals surface area contributed by atoms with Crippen LogP contribution in [0.15, 0.2) is 5.16 Å². The monoisotopic (exact) mass is 203 g/mol. The number of amidine groups is 1. The maximum atomic E-state index is 9.03. The van der Waals surface area contributed by atoms with Crippen LogP contribution in [0, 0.1) is 11.8 Å². The largest absolute Gasteiger partial charge is 0.409 e. The molecule has 0 saturated heterocycles. The summed E-state index contributed by atoms with van der Waals surface area (Å²) in [7, 11) is 0. The second kappa shape index (κ2) is 6.62. The van der Waals surface area contributed by atoms with Gasteiger partial charge in [0.2, 0.25) is 0 Å². The van der Waals surface area contributed by atoms with Crippen LogP contribution in [-0.2, 0) is 0 Å². The van der Waals surface area contributed by atoms with Gasteiger partial charge in [-0.2, -0.15) is 0 Å². The summed E-state index contributed by atoms with van der Waals surface area (Å²) in [5.41, 5.74) is 5.42. The Morgan fingerprint density at radius 3 is 2.36 bits per heavy atom. The highest BCUT2D eigenvalue weighted by molar-refractivity contribution is 5.82. The molecule has 0 aliphatic rings. The van der Waals surface area contributed by atoms with Crippen molar-refractivity contribution >= 4 is 5.84 Å². The zero-order valence-electron chi connectivity index (χ0n) is 9.07. The molecule has 0 amide bonds. The summed E-state index contributed by atoms with van der Waals surface area (Å²) in [6.45, 7) is 6.61. The van der Waals surface area contributed by atoms with Crippen LogP contribution in [0.1, 0.15) is 20.8 Å². The van der Waals surface area contributed by atoms with Crippen molar-refractivity contribution in [3.05, 3.63) is 0 Å².